The molecular formula is C40H38N4O7. The number of methoxy groups -OCH3 is 2. The maximum absolute atomic E-state index is 13.0. The predicted octanol–water partition coefficient (Wildman–Crippen LogP) is 5.55. The molecule has 2 bridgehead atoms. The monoisotopic (exact) mass is 686 g/mol. The van der Waals surface area contributed by atoms with Crippen LogP contribution < -0.4 is 5.32 Å². The van der Waals surface area contributed by atoms with Crippen molar-refractivity contribution in [3.8, 4) is 0 Å². The van der Waals surface area contributed by atoms with E-state index in [4.69, 9.17) is 23.7 Å². The van der Waals surface area contributed by atoms with E-state index < -0.39 is 35.4 Å². The first kappa shape index (κ1) is 33.2. The van der Waals surface area contributed by atoms with Crippen molar-refractivity contribution in [1.29, 1.82) is 0 Å². The highest BCUT2D eigenvalue weighted by molar-refractivity contribution is 6.07. The number of carbonyl (C=O) groups excluding carboxylic acids is 1. The van der Waals surface area contributed by atoms with Gasteiger partial charge in [0.15, 0.2) is 12.0 Å². The molecule has 2 N–H and O–H groups in total. The Labute approximate surface area is 295 Å². The Bertz CT molecular complexity index is 2040. The van der Waals surface area contributed by atoms with Gasteiger partial charge in [0.2, 0.25) is 0 Å². The molecule has 4 heterocycles. The second-order valence-electron chi connectivity index (χ2n) is 12.9. The van der Waals surface area contributed by atoms with Crippen molar-refractivity contribution in [2.75, 3.05) is 32.8 Å². The SMILES string of the molecule is COC1(OC)C=CC(C(OC[C@@]23CO[C@@H]([C@H](n4ccc5c(NC(=O)c6ccccc6)ncnc54)O2)[C@@H]3O)(c2ccccc2)c2ccccc2)=CC1. The van der Waals surface area contributed by atoms with E-state index in [1.807, 2.05) is 89.5 Å². The molecule has 1 aliphatic carbocycles. The number of fused-ring (bicyclic) bond motifs is 3. The number of amides is 1. The van der Waals surface area contributed by atoms with Gasteiger partial charge in [0.1, 0.15) is 41.2 Å². The molecule has 5 aromatic rings. The number of aliphatic hydroxyl groups is 1. The van der Waals surface area contributed by atoms with Gasteiger partial charge < -0.3 is 38.7 Å². The van der Waals surface area contributed by atoms with E-state index in [0.29, 0.717) is 28.8 Å². The third-order valence-corrected chi connectivity index (χ3v) is 10.2. The second kappa shape index (κ2) is 13.3. The van der Waals surface area contributed by atoms with Crippen LogP contribution in [0.15, 0.2) is 133 Å². The molecule has 8 rings (SSSR count). The first-order valence-corrected chi connectivity index (χ1v) is 16.8. The topological polar surface area (TPSA) is 126 Å². The highest BCUT2D eigenvalue weighted by Gasteiger charge is 2.63. The lowest BCUT2D eigenvalue weighted by Gasteiger charge is -2.41. The summed E-state index contributed by atoms with van der Waals surface area (Å²) in [5.74, 6) is -0.808. The molecule has 3 aliphatic rings. The Morgan fingerprint density at radius 3 is 2.25 bits per heavy atom. The number of anilines is 1. The van der Waals surface area contributed by atoms with Crippen LogP contribution in [0.1, 0.15) is 34.1 Å². The summed E-state index contributed by atoms with van der Waals surface area (Å²) < 4.78 is 33.4. The first-order valence-electron chi connectivity index (χ1n) is 16.8. The zero-order valence-corrected chi connectivity index (χ0v) is 28.2. The smallest absolute Gasteiger partial charge is 0.256 e. The number of carbonyl (C=O) groups is 1. The van der Waals surface area contributed by atoms with Gasteiger partial charge >= 0.3 is 0 Å². The number of aromatic nitrogens is 3. The zero-order valence-electron chi connectivity index (χ0n) is 28.2. The van der Waals surface area contributed by atoms with Crippen LogP contribution >= 0.6 is 0 Å². The molecule has 0 radical (unpaired) electrons. The minimum atomic E-state index is -1.19. The van der Waals surface area contributed by atoms with Crippen molar-refractivity contribution >= 4 is 22.8 Å². The van der Waals surface area contributed by atoms with Crippen molar-refractivity contribution in [3.05, 3.63) is 150 Å². The van der Waals surface area contributed by atoms with Gasteiger partial charge in [-0.15, -0.1) is 0 Å². The Balaban J connectivity index is 1.12. The van der Waals surface area contributed by atoms with E-state index in [1.54, 1.807) is 44.7 Å². The molecule has 51 heavy (non-hydrogen) atoms. The molecule has 4 atom stereocenters. The van der Waals surface area contributed by atoms with Gasteiger partial charge in [-0.25, -0.2) is 9.97 Å². The molecule has 2 aliphatic heterocycles. The van der Waals surface area contributed by atoms with Crippen LogP contribution in [-0.4, -0.2) is 76.6 Å². The van der Waals surface area contributed by atoms with Crippen molar-refractivity contribution in [2.24, 2.45) is 0 Å². The number of ether oxygens (including phenoxy) is 5. The van der Waals surface area contributed by atoms with Gasteiger partial charge in [0.25, 0.3) is 5.91 Å². The molecule has 11 nitrogen and oxygen atoms in total. The van der Waals surface area contributed by atoms with Crippen molar-refractivity contribution in [3.63, 3.8) is 0 Å². The minimum Gasteiger partial charge on any atom is -0.387 e. The minimum absolute atomic E-state index is 0.00238. The maximum atomic E-state index is 13.0. The van der Waals surface area contributed by atoms with E-state index in [2.05, 4.69) is 21.4 Å². The molecule has 260 valence electrons. The molecule has 3 aromatic carbocycles. The van der Waals surface area contributed by atoms with E-state index in [1.165, 1.54) is 6.33 Å². The van der Waals surface area contributed by atoms with Crippen LogP contribution in [0.2, 0.25) is 0 Å². The van der Waals surface area contributed by atoms with Crippen molar-refractivity contribution in [2.45, 2.75) is 41.8 Å². The summed E-state index contributed by atoms with van der Waals surface area (Å²) >= 11 is 0. The third kappa shape index (κ3) is 5.59. The second-order valence-corrected chi connectivity index (χ2v) is 12.9. The summed E-state index contributed by atoms with van der Waals surface area (Å²) in [5.41, 5.74) is 1.46. The Kier molecular flexibility index (Phi) is 8.63. The number of rotatable bonds is 11. The fourth-order valence-corrected chi connectivity index (χ4v) is 7.36. The number of aliphatic hydroxyl groups excluding tert-OH is 1. The summed E-state index contributed by atoms with van der Waals surface area (Å²) in [6.07, 6.45) is 7.21. The van der Waals surface area contributed by atoms with Crippen molar-refractivity contribution < 1.29 is 33.6 Å². The lowest BCUT2D eigenvalue weighted by atomic mass is 9.77. The number of benzene rings is 3. The van der Waals surface area contributed by atoms with Gasteiger partial charge in [-0.05, 0) is 41.0 Å². The fraction of sp³-hybridized carbons (Fsp3) is 0.275. The third-order valence-electron chi connectivity index (χ3n) is 10.2. The molecular weight excluding hydrogens is 648 g/mol. The number of hydrogen-bond donors (Lipinski definition) is 2. The highest BCUT2D eigenvalue weighted by Crippen LogP contribution is 2.50. The Morgan fingerprint density at radius 2 is 1.63 bits per heavy atom. The molecule has 0 spiro atoms. The molecule has 0 unspecified atom stereocenters. The molecule has 11 heteroatoms. The van der Waals surface area contributed by atoms with Crippen LogP contribution in [-0.2, 0) is 29.3 Å². The van der Waals surface area contributed by atoms with Crippen LogP contribution in [0, 0.1) is 0 Å². The van der Waals surface area contributed by atoms with E-state index >= 15 is 0 Å². The number of nitrogens with zero attached hydrogens (tertiary/aromatic N) is 3. The van der Waals surface area contributed by atoms with Gasteiger partial charge in [0, 0.05) is 32.4 Å². The highest BCUT2D eigenvalue weighted by atomic mass is 16.7. The van der Waals surface area contributed by atoms with Gasteiger partial charge in [-0.3, -0.25) is 4.79 Å². The Morgan fingerprint density at radius 1 is 0.961 bits per heavy atom. The average molecular weight is 687 g/mol. The van der Waals surface area contributed by atoms with Gasteiger partial charge in [-0.1, -0.05) is 91.0 Å². The van der Waals surface area contributed by atoms with E-state index in [0.717, 1.165) is 16.7 Å². The molecule has 2 saturated heterocycles. The quantitative estimate of drug-likeness (QED) is 0.172. The normalized spacial score (nSPS) is 23.7. The van der Waals surface area contributed by atoms with Crippen molar-refractivity contribution in [1.82, 2.24) is 14.5 Å². The zero-order chi connectivity index (χ0) is 35.1. The predicted molar refractivity (Wildman–Crippen MR) is 189 cm³/mol. The summed E-state index contributed by atoms with van der Waals surface area (Å²) in [6.45, 7) is 0.134. The summed E-state index contributed by atoms with van der Waals surface area (Å²) in [4.78, 5) is 21.8. The number of hydrogen-bond acceptors (Lipinski definition) is 9. The summed E-state index contributed by atoms with van der Waals surface area (Å²) in [6, 6.07) is 30.8. The molecule has 0 saturated carbocycles. The molecule has 2 fully saturated rings. The number of nitrogens with one attached hydrogen (secondary N) is 1. The van der Waals surface area contributed by atoms with E-state index in [9.17, 15) is 9.90 Å². The first-order chi connectivity index (χ1) is 24.9. The van der Waals surface area contributed by atoms with E-state index in [-0.39, 0.29) is 19.1 Å². The van der Waals surface area contributed by atoms with Gasteiger partial charge in [0.05, 0.1) is 18.6 Å². The summed E-state index contributed by atoms with van der Waals surface area (Å²) in [5, 5.41) is 15.3. The summed E-state index contributed by atoms with van der Waals surface area (Å²) in [7, 11) is 3.24. The lowest BCUT2D eigenvalue weighted by Crippen LogP contribution is -2.48. The van der Waals surface area contributed by atoms with Crippen LogP contribution in [0.25, 0.3) is 11.0 Å². The fourth-order valence-electron chi connectivity index (χ4n) is 7.36. The van der Waals surface area contributed by atoms with Gasteiger partial charge in [-0.2, -0.15) is 0 Å². The average Bonchev–Trinajstić information content (AvgIpc) is 3.85. The largest absolute Gasteiger partial charge is 0.387 e. The van der Waals surface area contributed by atoms with Crippen LogP contribution in [0.4, 0.5) is 5.82 Å². The molecule has 1 amide bonds. The Hall–Kier alpha value is -5.01. The van der Waals surface area contributed by atoms with Crippen LogP contribution in [0.3, 0.4) is 0 Å². The van der Waals surface area contributed by atoms with Crippen LogP contribution in [0.5, 0.6) is 0 Å². The standard InChI is InChI=1S/C40H38N4O7/c1-47-39(48-2)21-18-30(19-22-39)40(28-14-8-4-9-15-28,29-16-10-5-11-17-29)50-25-38-24-49-32(33(38)45)37(51-38)44-23-20-31-34(41-26-42-35(31)44)43-36(46)27-12-6-3-7-13-27/h3-21,23,26,32-33,37,45H,22,24-25H2,1-2H3,(H,41,42,43,46)/t32-,33+,37-,38-/m1/s1. The lowest BCUT2D eigenvalue weighted by molar-refractivity contribution is -0.202. The molecule has 2 aromatic heterocycles. The maximum Gasteiger partial charge on any atom is 0.256 e.